The van der Waals surface area contributed by atoms with E-state index in [1.165, 1.54) is 13.1 Å². The maximum absolute atomic E-state index is 12.9. The van der Waals surface area contributed by atoms with Gasteiger partial charge in [0, 0.05) is 13.1 Å². The van der Waals surface area contributed by atoms with Crippen molar-refractivity contribution in [3.05, 3.63) is 29.8 Å². The Labute approximate surface area is 136 Å². The molecule has 0 spiro atoms. The number of carbonyl (C=O) groups is 2. The summed E-state index contributed by atoms with van der Waals surface area (Å²) < 4.78 is 61.5. The van der Waals surface area contributed by atoms with E-state index in [1.54, 1.807) is 0 Å². The molecule has 0 radical (unpaired) electrons. The molecule has 1 aromatic rings. The molecule has 0 bridgehead atoms. The first-order chi connectivity index (χ1) is 11.0. The molecular weight excluding hydrogens is 349 g/mol. The van der Waals surface area contributed by atoms with Gasteiger partial charge in [-0.15, -0.1) is 0 Å². The molecule has 0 aliphatic carbocycles. The summed E-state index contributed by atoms with van der Waals surface area (Å²) in [5, 5.41) is 1.94. The quantitative estimate of drug-likeness (QED) is 0.802. The molecular formula is C14H15F3N2O4S. The van der Waals surface area contributed by atoms with Gasteiger partial charge in [0.1, 0.15) is 0 Å². The number of halogens is 3. The van der Waals surface area contributed by atoms with E-state index in [-0.39, 0.29) is 17.9 Å². The lowest BCUT2D eigenvalue weighted by Gasteiger charge is -2.23. The monoisotopic (exact) mass is 364 g/mol. The topological polar surface area (TPSA) is 83.6 Å². The van der Waals surface area contributed by atoms with Crippen molar-refractivity contribution < 1.29 is 31.2 Å². The van der Waals surface area contributed by atoms with Crippen molar-refractivity contribution in [1.29, 1.82) is 0 Å². The number of alkyl halides is 3. The van der Waals surface area contributed by atoms with Gasteiger partial charge in [-0.05, 0) is 18.6 Å². The van der Waals surface area contributed by atoms with E-state index in [0.717, 1.165) is 23.1 Å². The van der Waals surface area contributed by atoms with E-state index >= 15 is 0 Å². The normalized spacial score (nSPS) is 19.8. The van der Waals surface area contributed by atoms with Crippen LogP contribution in [0.25, 0.3) is 0 Å². The summed E-state index contributed by atoms with van der Waals surface area (Å²) in [5.74, 6) is -2.69. The molecule has 1 aliphatic rings. The molecule has 0 saturated carbocycles. The van der Waals surface area contributed by atoms with Crippen LogP contribution in [0.4, 0.5) is 18.9 Å². The number of anilines is 1. The number of likely N-dealkylation sites (N-methyl/N-ethyl adjacent to an activating group) is 1. The fraction of sp³-hybridized carbons (Fsp3) is 0.429. The number of benzene rings is 1. The van der Waals surface area contributed by atoms with Crippen LogP contribution < -0.4 is 5.32 Å². The molecule has 2 amide bonds. The number of carbonyl (C=O) groups excluding carboxylic acids is 2. The highest BCUT2D eigenvalue weighted by Gasteiger charge is 2.36. The molecule has 1 aliphatic heterocycles. The Kier molecular flexibility index (Phi) is 4.88. The van der Waals surface area contributed by atoms with Crippen LogP contribution in [0.2, 0.25) is 0 Å². The van der Waals surface area contributed by atoms with Gasteiger partial charge in [0.25, 0.3) is 0 Å². The lowest BCUT2D eigenvalue weighted by molar-refractivity contribution is -0.143. The lowest BCUT2D eigenvalue weighted by atomic mass is 10.1. The SMILES string of the molecule is CN(C(=O)C(=O)Nc1ccccc1C(F)(F)F)C1CCS(=O)(=O)C1. The Morgan fingerprint density at radius 2 is 1.88 bits per heavy atom. The molecule has 1 N–H and O–H groups in total. The van der Waals surface area contributed by atoms with Gasteiger partial charge in [-0.25, -0.2) is 8.42 Å². The number of para-hydroxylation sites is 1. The predicted molar refractivity (Wildman–Crippen MR) is 79.9 cm³/mol. The largest absolute Gasteiger partial charge is 0.418 e. The summed E-state index contributed by atoms with van der Waals surface area (Å²) >= 11 is 0. The van der Waals surface area contributed by atoms with Gasteiger partial charge in [-0.1, -0.05) is 12.1 Å². The zero-order valence-corrected chi connectivity index (χ0v) is 13.4. The van der Waals surface area contributed by atoms with Gasteiger partial charge in [0.15, 0.2) is 9.84 Å². The summed E-state index contributed by atoms with van der Waals surface area (Å²) in [6, 6.07) is 3.62. The first kappa shape index (κ1) is 18.2. The third-order valence-electron chi connectivity index (χ3n) is 3.75. The second-order valence-corrected chi connectivity index (χ2v) is 7.70. The average molecular weight is 364 g/mol. The Morgan fingerprint density at radius 3 is 2.42 bits per heavy atom. The first-order valence-corrected chi connectivity index (χ1v) is 8.78. The zero-order chi connectivity index (χ0) is 18.1. The molecule has 6 nitrogen and oxygen atoms in total. The third kappa shape index (κ3) is 4.05. The summed E-state index contributed by atoms with van der Waals surface area (Å²) in [6.07, 6.45) is -4.49. The Balaban J connectivity index is 2.12. The number of hydrogen-bond donors (Lipinski definition) is 1. The number of amides is 2. The highest BCUT2D eigenvalue weighted by atomic mass is 32.2. The Hall–Kier alpha value is -2.10. The van der Waals surface area contributed by atoms with Crippen molar-refractivity contribution in [2.24, 2.45) is 0 Å². The van der Waals surface area contributed by atoms with Crippen LogP contribution in [0.3, 0.4) is 0 Å². The van der Waals surface area contributed by atoms with Crippen molar-refractivity contribution >= 4 is 27.3 Å². The van der Waals surface area contributed by atoms with E-state index in [2.05, 4.69) is 0 Å². The maximum atomic E-state index is 12.9. The highest BCUT2D eigenvalue weighted by Crippen LogP contribution is 2.34. The fourth-order valence-electron chi connectivity index (χ4n) is 2.42. The molecule has 1 saturated heterocycles. The van der Waals surface area contributed by atoms with Gasteiger partial charge in [-0.3, -0.25) is 9.59 Å². The third-order valence-corrected chi connectivity index (χ3v) is 5.50. The standard InChI is InChI=1S/C14H15F3N2O4S/c1-19(9-6-7-24(22,23)8-9)13(21)12(20)18-11-5-3-2-4-10(11)14(15,16)17/h2-5,9H,6-8H2,1H3,(H,18,20). The number of nitrogens with one attached hydrogen (secondary N) is 1. The number of rotatable bonds is 2. The number of sulfone groups is 1. The van der Waals surface area contributed by atoms with Gasteiger partial charge < -0.3 is 10.2 Å². The minimum Gasteiger partial charge on any atom is -0.333 e. The number of nitrogens with zero attached hydrogens (tertiary/aromatic N) is 1. The van der Waals surface area contributed by atoms with Gasteiger partial charge >= 0.3 is 18.0 Å². The molecule has 1 heterocycles. The first-order valence-electron chi connectivity index (χ1n) is 6.96. The van der Waals surface area contributed by atoms with Crippen molar-refractivity contribution in [1.82, 2.24) is 4.90 Å². The summed E-state index contributed by atoms with van der Waals surface area (Å²) in [7, 11) is -2.01. The van der Waals surface area contributed by atoms with Crippen molar-refractivity contribution in [3.8, 4) is 0 Å². The molecule has 1 atom stereocenters. The van der Waals surface area contributed by atoms with E-state index in [9.17, 15) is 31.2 Å². The van der Waals surface area contributed by atoms with E-state index in [1.807, 2.05) is 5.32 Å². The Bertz CT molecular complexity index is 762. The van der Waals surface area contributed by atoms with Crippen LogP contribution in [-0.2, 0) is 25.6 Å². The number of hydrogen-bond acceptors (Lipinski definition) is 4. The summed E-state index contributed by atoms with van der Waals surface area (Å²) in [5.41, 5.74) is -1.60. The molecule has 1 aromatic carbocycles. The van der Waals surface area contributed by atoms with Gasteiger partial charge in [0.2, 0.25) is 0 Å². The second-order valence-electron chi connectivity index (χ2n) is 5.47. The van der Waals surface area contributed by atoms with Crippen molar-refractivity contribution in [3.63, 3.8) is 0 Å². The zero-order valence-electron chi connectivity index (χ0n) is 12.6. The van der Waals surface area contributed by atoms with E-state index in [0.29, 0.717) is 0 Å². The molecule has 24 heavy (non-hydrogen) atoms. The van der Waals surface area contributed by atoms with Crippen LogP contribution in [0.15, 0.2) is 24.3 Å². The molecule has 10 heteroatoms. The average Bonchev–Trinajstić information content (AvgIpc) is 2.85. The summed E-state index contributed by atoms with van der Waals surface area (Å²) in [4.78, 5) is 24.9. The Morgan fingerprint density at radius 1 is 1.25 bits per heavy atom. The molecule has 0 aromatic heterocycles. The fourth-order valence-corrected chi connectivity index (χ4v) is 4.20. The molecule has 1 fully saturated rings. The van der Waals surface area contributed by atoms with Crippen LogP contribution in [0.1, 0.15) is 12.0 Å². The molecule has 1 unspecified atom stereocenters. The van der Waals surface area contributed by atoms with Crippen molar-refractivity contribution in [2.75, 3.05) is 23.9 Å². The van der Waals surface area contributed by atoms with Gasteiger partial charge in [0.05, 0.1) is 22.8 Å². The van der Waals surface area contributed by atoms with E-state index in [4.69, 9.17) is 0 Å². The highest BCUT2D eigenvalue weighted by molar-refractivity contribution is 7.91. The molecule has 132 valence electrons. The van der Waals surface area contributed by atoms with E-state index < -0.39 is 45.1 Å². The van der Waals surface area contributed by atoms with Crippen LogP contribution in [-0.4, -0.2) is 49.7 Å². The van der Waals surface area contributed by atoms with Crippen LogP contribution in [0.5, 0.6) is 0 Å². The molecule has 2 rings (SSSR count). The summed E-state index contributed by atoms with van der Waals surface area (Å²) in [6.45, 7) is 0. The van der Waals surface area contributed by atoms with Crippen LogP contribution in [0, 0.1) is 0 Å². The van der Waals surface area contributed by atoms with Crippen molar-refractivity contribution in [2.45, 2.75) is 18.6 Å². The lowest BCUT2D eigenvalue weighted by Crippen LogP contribution is -2.44. The predicted octanol–water partition coefficient (Wildman–Crippen LogP) is 1.29. The van der Waals surface area contributed by atoms with Crippen LogP contribution >= 0.6 is 0 Å². The van der Waals surface area contributed by atoms with Gasteiger partial charge in [-0.2, -0.15) is 13.2 Å². The second kappa shape index (κ2) is 6.42. The maximum Gasteiger partial charge on any atom is 0.418 e. The minimum absolute atomic E-state index is 0.0895. The smallest absolute Gasteiger partial charge is 0.333 e. The minimum atomic E-state index is -4.68.